The Hall–Kier alpha value is -2.86. The van der Waals surface area contributed by atoms with E-state index in [2.05, 4.69) is 12.1 Å². The van der Waals surface area contributed by atoms with Crippen molar-refractivity contribution in [1.82, 2.24) is 9.80 Å². The minimum Gasteiger partial charge on any atom is -0.491 e. The fraction of sp³-hybridized carbons (Fsp3) is 0.417. The highest BCUT2D eigenvalue weighted by molar-refractivity contribution is 5.94. The Morgan fingerprint density at radius 2 is 1.63 bits per heavy atom. The Morgan fingerprint density at radius 1 is 0.900 bits per heavy atom. The predicted octanol–water partition coefficient (Wildman–Crippen LogP) is 3.02. The third-order valence-corrected chi connectivity index (χ3v) is 5.26. The number of hydrogen-bond acceptors (Lipinski definition) is 4. The molecule has 1 fully saturated rings. The molecule has 3 rings (SSSR count). The maximum Gasteiger partial charge on any atom is 0.254 e. The summed E-state index contributed by atoms with van der Waals surface area (Å²) in [6.07, 6.45) is 2.30. The second-order valence-corrected chi connectivity index (χ2v) is 7.38. The highest BCUT2D eigenvalue weighted by Crippen LogP contribution is 2.17. The second kappa shape index (κ2) is 11.4. The number of methoxy groups -OCH3 is 1. The molecule has 0 aliphatic carbocycles. The molecule has 0 unspecified atom stereocenters. The largest absolute Gasteiger partial charge is 0.491 e. The molecule has 0 atom stereocenters. The van der Waals surface area contributed by atoms with E-state index in [1.807, 2.05) is 40.1 Å². The van der Waals surface area contributed by atoms with Gasteiger partial charge in [0.05, 0.1) is 6.61 Å². The van der Waals surface area contributed by atoms with Crippen molar-refractivity contribution >= 4 is 11.8 Å². The Bertz CT molecular complexity index is 817. The van der Waals surface area contributed by atoms with Gasteiger partial charge in [0, 0.05) is 45.3 Å². The van der Waals surface area contributed by atoms with Gasteiger partial charge in [0.15, 0.2) is 0 Å². The molecule has 2 aromatic carbocycles. The Kier molecular flexibility index (Phi) is 8.27. The number of carbonyl (C=O) groups is 2. The summed E-state index contributed by atoms with van der Waals surface area (Å²) >= 11 is 0. The first-order chi connectivity index (χ1) is 14.7. The summed E-state index contributed by atoms with van der Waals surface area (Å²) < 4.78 is 10.6. The molecule has 0 aromatic heterocycles. The Balaban J connectivity index is 1.43. The molecule has 0 radical (unpaired) electrons. The number of amides is 2. The molecule has 2 amide bonds. The van der Waals surface area contributed by atoms with Crippen LogP contribution in [0, 0.1) is 0 Å². The van der Waals surface area contributed by atoms with Crippen LogP contribution in [0.2, 0.25) is 0 Å². The molecule has 2 aromatic rings. The number of benzene rings is 2. The van der Waals surface area contributed by atoms with Crippen molar-refractivity contribution in [3.63, 3.8) is 0 Å². The van der Waals surface area contributed by atoms with E-state index >= 15 is 0 Å². The number of rotatable bonds is 9. The molecule has 160 valence electrons. The topological polar surface area (TPSA) is 59.1 Å². The Labute approximate surface area is 178 Å². The average molecular weight is 411 g/mol. The van der Waals surface area contributed by atoms with Crippen LogP contribution in [0.15, 0.2) is 54.6 Å². The van der Waals surface area contributed by atoms with Crippen molar-refractivity contribution in [3.8, 4) is 5.75 Å². The van der Waals surface area contributed by atoms with Crippen LogP contribution in [0.3, 0.4) is 0 Å². The number of carbonyl (C=O) groups excluding carboxylic acids is 2. The first kappa shape index (κ1) is 21.8. The molecule has 6 heteroatoms. The van der Waals surface area contributed by atoms with Crippen LogP contribution >= 0.6 is 0 Å². The molecule has 1 heterocycles. The third kappa shape index (κ3) is 6.32. The first-order valence-electron chi connectivity index (χ1n) is 10.5. The molecule has 30 heavy (non-hydrogen) atoms. The van der Waals surface area contributed by atoms with Crippen molar-refractivity contribution < 1.29 is 19.1 Å². The van der Waals surface area contributed by atoms with Crippen molar-refractivity contribution in [3.05, 3.63) is 65.7 Å². The van der Waals surface area contributed by atoms with Crippen LogP contribution in [0.4, 0.5) is 0 Å². The van der Waals surface area contributed by atoms with Gasteiger partial charge in [0.1, 0.15) is 12.4 Å². The maximum atomic E-state index is 12.8. The molecule has 1 saturated heterocycles. The van der Waals surface area contributed by atoms with E-state index in [0.29, 0.717) is 57.1 Å². The van der Waals surface area contributed by atoms with Crippen LogP contribution in [0.25, 0.3) is 0 Å². The van der Waals surface area contributed by atoms with Crippen LogP contribution in [-0.2, 0) is 16.0 Å². The summed E-state index contributed by atoms with van der Waals surface area (Å²) in [5.41, 5.74) is 1.86. The standard InChI is InChI=1S/C24H30N2O4/c1-29-17-18-30-22-11-6-10-21(19-22)24(28)26-15-13-25(14-16-26)23(27)12-5-9-20-7-3-2-4-8-20/h2-4,6-8,10-11,19H,5,9,12-18H2,1H3. The van der Waals surface area contributed by atoms with E-state index in [0.717, 1.165) is 12.8 Å². The highest BCUT2D eigenvalue weighted by atomic mass is 16.5. The molecule has 0 bridgehead atoms. The van der Waals surface area contributed by atoms with Gasteiger partial charge in [0.25, 0.3) is 5.91 Å². The second-order valence-electron chi connectivity index (χ2n) is 7.38. The van der Waals surface area contributed by atoms with Gasteiger partial charge in [-0.25, -0.2) is 0 Å². The lowest BCUT2D eigenvalue weighted by Gasteiger charge is -2.35. The summed E-state index contributed by atoms with van der Waals surface area (Å²) in [5, 5.41) is 0. The van der Waals surface area contributed by atoms with Gasteiger partial charge in [-0.3, -0.25) is 9.59 Å². The van der Waals surface area contributed by atoms with E-state index in [4.69, 9.17) is 9.47 Å². The average Bonchev–Trinajstić information content (AvgIpc) is 2.80. The normalized spacial score (nSPS) is 13.9. The number of aryl methyl sites for hydroxylation is 1. The van der Waals surface area contributed by atoms with Gasteiger partial charge < -0.3 is 19.3 Å². The number of nitrogens with zero attached hydrogens (tertiary/aromatic N) is 2. The number of piperazine rings is 1. The number of hydrogen-bond donors (Lipinski definition) is 0. The molecule has 1 aliphatic heterocycles. The molecular weight excluding hydrogens is 380 g/mol. The molecule has 1 aliphatic rings. The first-order valence-corrected chi connectivity index (χ1v) is 10.5. The van der Waals surface area contributed by atoms with Crippen molar-refractivity contribution in [1.29, 1.82) is 0 Å². The van der Waals surface area contributed by atoms with Gasteiger partial charge in [-0.2, -0.15) is 0 Å². The molecule has 0 saturated carbocycles. The monoisotopic (exact) mass is 410 g/mol. The zero-order chi connectivity index (χ0) is 21.2. The molecule has 0 N–H and O–H groups in total. The minimum atomic E-state index is -0.0247. The lowest BCUT2D eigenvalue weighted by Crippen LogP contribution is -2.50. The smallest absolute Gasteiger partial charge is 0.254 e. The Morgan fingerprint density at radius 3 is 2.37 bits per heavy atom. The van der Waals surface area contributed by atoms with Crippen LogP contribution < -0.4 is 4.74 Å². The van der Waals surface area contributed by atoms with Crippen molar-refractivity contribution in [2.24, 2.45) is 0 Å². The number of ether oxygens (including phenoxy) is 2. The van der Waals surface area contributed by atoms with Crippen molar-refractivity contribution in [2.45, 2.75) is 19.3 Å². The SMILES string of the molecule is COCCOc1cccc(C(=O)N2CCN(C(=O)CCCc3ccccc3)CC2)c1. The summed E-state index contributed by atoms with van der Waals surface area (Å²) in [4.78, 5) is 29.0. The van der Waals surface area contributed by atoms with Crippen LogP contribution in [0.5, 0.6) is 5.75 Å². The summed E-state index contributed by atoms with van der Waals surface area (Å²) in [6, 6.07) is 17.4. The summed E-state index contributed by atoms with van der Waals surface area (Å²) in [6.45, 7) is 3.22. The maximum absolute atomic E-state index is 12.8. The lowest BCUT2D eigenvalue weighted by atomic mass is 10.1. The van der Waals surface area contributed by atoms with Crippen molar-refractivity contribution in [2.75, 3.05) is 46.5 Å². The predicted molar refractivity (Wildman–Crippen MR) is 116 cm³/mol. The van der Waals surface area contributed by atoms with E-state index in [-0.39, 0.29) is 11.8 Å². The van der Waals surface area contributed by atoms with Gasteiger partial charge in [0.2, 0.25) is 5.91 Å². The van der Waals surface area contributed by atoms with Gasteiger partial charge in [-0.1, -0.05) is 36.4 Å². The zero-order valence-corrected chi connectivity index (χ0v) is 17.6. The summed E-state index contributed by atoms with van der Waals surface area (Å²) in [5.74, 6) is 0.806. The van der Waals surface area contributed by atoms with E-state index < -0.39 is 0 Å². The molecular formula is C24H30N2O4. The van der Waals surface area contributed by atoms with E-state index in [1.165, 1.54) is 5.56 Å². The fourth-order valence-corrected chi connectivity index (χ4v) is 3.55. The fourth-order valence-electron chi connectivity index (χ4n) is 3.55. The molecule has 0 spiro atoms. The molecule has 6 nitrogen and oxygen atoms in total. The van der Waals surface area contributed by atoms with Gasteiger partial charge in [-0.05, 0) is 36.6 Å². The third-order valence-electron chi connectivity index (χ3n) is 5.26. The minimum absolute atomic E-state index is 0.0247. The lowest BCUT2D eigenvalue weighted by molar-refractivity contribution is -0.132. The quantitative estimate of drug-likeness (QED) is 0.597. The van der Waals surface area contributed by atoms with Crippen LogP contribution in [0.1, 0.15) is 28.8 Å². The van der Waals surface area contributed by atoms with Gasteiger partial charge >= 0.3 is 0 Å². The van der Waals surface area contributed by atoms with E-state index in [1.54, 1.807) is 19.2 Å². The van der Waals surface area contributed by atoms with E-state index in [9.17, 15) is 9.59 Å². The van der Waals surface area contributed by atoms with Gasteiger partial charge in [-0.15, -0.1) is 0 Å². The highest BCUT2D eigenvalue weighted by Gasteiger charge is 2.24. The summed E-state index contributed by atoms with van der Waals surface area (Å²) in [7, 11) is 1.62. The zero-order valence-electron chi connectivity index (χ0n) is 17.6. The van der Waals surface area contributed by atoms with Crippen LogP contribution in [-0.4, -0.2) is 68.1 Å².